The van der Waals surface area contributed by atoms with Gasteiger partial charge in [-0.1, -0.05) is 57.2 Å². The molecule has 7 nitrogen and oxygen atoms in total. The van der Waals surface area contributed by atoms with E-state index in [9.17, 15) is 31.2 Å². The highest BCUT2D eigenvalue weighted by molar-refractivity contribution is 7.89. The quantitative estimate of drug-likeness (QED) is 0.577. The zero-order valence-electron chi connectivity index (χ0n) is 22.3. The van der Waals surface area contributed by atoms with Crippen molar-refractivity contribution in [2.24, 2.45) is 11.3 Å². The van der Waals surface area contributed by atoms with Crippen LogP contribution in [0.1, 0.15) is 45.6 Å². The molecule has 2 aromatic carbocycles. The van der Waals surface area contributed by atoms with Crippen LogP contribution in [0.3, 0.4) is 0 Å². The number of halogens is 3. The Kier molecular flexibility index (Phi) is 8.14. The molecular formula is C28H34F3N3O4S. The third-order valence-corrected chi connectivity index (χ3v) is 8.86. The van der Waals surface area contributed by atoms with Gasteiger partial charge in [-0.3, -0.25) is 9.59 Å². The Morgan fingerprint density at radius 3 is 2.08 bits per heavy atom. The van der Waals surface area contributed by atoms with Crippen LogP contribution in [0, 0.1) is 11.3 Å². The van der Waals surface area contributed by atoms with Crippen molar-refractivity contribution in [1.82, 2.24) is 14.5 Å². The second-order valence-corrected chi connectivity index (χ2v) is 13.0. The van der Waals surface area contributed by atoms with E-state index in [1.165, 1.54) is 6.07 Å². The third-order valence-electron chi connectivity index (χ3n) is 7.28. The van der Waals surface area contributed by atoms with Crippen molar-refractivity contribution >= 4 is 21.8 Å². The molecule has 2 aliphatic rings. The van der Waals surface area contributed by atoms with E-state index in [4.69, 9.17) is 0 Å². The first-order valence-corrected chi connectivity index (χ1v) is 14.5. The van der Waals surface area contributed by atoms with E-state index in [-0.39, 0.29) is 49.2 Å². The first kappa shape index (κ1) is 29.1. The van der Waals surface area contributed by atoms with Gasteiger partial charge in [0.1, 0.15) is 0 Å². The van der Waals surface area contributed by atoms with Crippen LogP contribution in [0.4, 0.5) is 13.2 Å². The lowest BCUT2D eigenvalue weighted by Crippen LogP contribution is -2.48. The molecule has 2 saturated heterocycles. The van der Waals surface area contributed by atoms with E-state index in [1.54, 1.807) is 40.1 Å². The predicted octanol–water partition coefficient (Wildman–Crippen LogP) is 4.54. The van der Waals surface area contributed by atoms with E-state index >= 15 is 0 Å². The van der Waals surface area contributed by atoms with E-state index in [1.807, 2.05) is 20.8 Å². The van der Waals surface area contributed by atoms with E-state index in [2.05, 4.69) is 4.72 Å². The summed E-state index contributed by atoms with van der Waals surface area (Å²) in [6.45, 7) is 6.97. The molecule has 2 heterocycles. The molecule has 11 heteroatoms. The van der Waals surface area contributed by atoms with Crippen LogP contribution in [0.5, 0.6) is 0 Å². The monoisotopic (exact) mass is 565 g/mol. The Hall–Kier alpha value is -2.92. The van der Waals surface area contributed by atoms with Crippen LogP contribution in [0.15, 0.2) is 53.4 Å². The molecule has 2 fully saturated rings. The topological polar surface area (TPSA) is 86.8 Å². The van der Waals surface area contributed by atoms with Crippen molar-refractivity contribution in [1.29, 1.82) is 0 Å². The van der Waals surface area contributed by atoms with Gasteiger partial charge >= 0.3 is 6.18 Å². The maximum absolute atomic E-state index is 13.9. The minimum atomic E-state index is -4.87. The Balaban J connectivity index is 1.40. The van der Waals surface area contributed by atoms with Crippen LogP contribution < -0.4 is 4.72 Å². The lowest BCUT2D eigenvalue weighted by Gasteiger charge is -2.34. The zero-order valence-corrected chi connectivity index (χ0v) is 23.1. The molecule has 0 spiro atoms. The lowest BCUT2D eigenvalue weighted by atomic mass is 9.95. The highest BCUT2D eigenvalue weighted by Crippen LogP contribution is 2.37. The van der Waals surface area contributed by atoms with Crippen molar-refractivity contribution in [3.8, 4) is 11.1 Å². The van der Waals surface area contributed by atoms with Gasteiger partial charge in [0.05, 0.1) is 16.4 Å². The number of nitrogens with zero attached hydrogens (tertiary/aromatic N) is 2. The number of carbonyl (C=O) groups is 2. The summed E-state index contributed by atoms with van der Waals surface area (Å²) in [7, 11) is -4.47. The number of hydrogen-bond donors (Lipinski definition) is 1. The van der Waals surface area contributed by atoms with Crippen molar-refractivity contribution in [3.05, 3.63) is 54.1 Å². The summed E-state index contributed by atoms with van der Waals surface area (Å²) in [6.07, 6.45) is -3.72. The molecule has 0 radical (unpaired) electrons. The van der Waals surface area contributed by atoms with Crippen molar-refractivity contribution in [2.75, 3.05) is 26.2 Å². The highest BCUT2D eigenvalue weighted by atomic mass is 32.2. The Bertz CT molecular complexity index is 1320. The fourth-order valence-corrected chi connectivity index (χ4v) is 6.69. The average molecular weight is 566 g/mol. The molecule has 2 amide bonds. The SMILES string of the molecule is CC(C)(C)C(=O)N1CC[C@@H](C(=O)N2CCC(NS(=O)(=O)c3ccc(-c4ccccc4)cc3C(F)(F)F)CC2)C1. The number of rotatable bonds is 5. The van der Waals surface area contributed by atoms with Crippen LogP contribution >= 0.6 is 0 Å². The predicted molar refractivity (Wildman–Crippen MR) is 141 cm³/mol. The van der Waals surface area contributed by atoms with E-state index < -0.39 is 38.1 Å². The fourth-order valence-electron chi connectivity index (χ4n) is 5.18. The molecule has 1 N–H and O–H groups in total. The molecule has 39 heavy (non-hydrogen) atoms. The maximum Gasteiger partial charge on any atom is 0.417 e. The van der Waals surface area contributed by atoms with Gasteiger partial charge in [-0.15, -0.1) is 0 Å². The molecule has 1 atom stereocenters. The normalized spacial score (nSPS) is 19.4. The minimum Gasteiger partial charge on any atom is -0.342 e. The summed E-state index contributed by atoms with van der Waals surface area (Å²) in [5.41, 5.74) is -0.936. The largest absolute Gasteiger partial charge is 0.417 e. The van der Waals surface area contributed by atoms with Crippen LogP contribution in [-0.2, 0) is 25.8 Å². The van der Waals surface area contributed by atoms with E-state index in [0.717, 1.165) is 12.1 Å². The van der Waals surface area contributed by atoms with Gasteiger partial charge in [0.2, 0.25) is 21.8 Å². The van der Waals surface area contributed by atoms with Crippen molar-refractivity contribution in [3.63, 3.8) is 0 Å². The molecule has 2 aromatic rings. The Morgan fingerprint density at radius 2 is 1.49 bits per heavy atom. The average Bonchev–Trinajstić information content (AvgIpc) is 3.37. The first-order chi connectivity index (χ1) is 18.2. The van der Waals surface area contributed by atoms with Crippen LogP contribution in [0.2, 0.25) is 0 Å². The number of carbonyl (C=O) groups excluding carboxylic acids is 2. The number of likely N-dealkylation sites (tertiary alicyclic amines) is 2. The molecule has 0 aliphatic carbocycles. The summed E-state index contributed by atoms with van der Waals surface area (Å²) in [6, 6.07) is 11.1. The standard InChI is InChI=1S/C28H34F3N3O4S/c1-27(2,3)26(36)34-14-11-21(18-34)25(35)33-15-12-22(13-16-33)32-39(37,38)24-10-9-20(17-23(24)28(29,30)31)19-7-5-4-6-8-19/h4-10,17,21-22,32H,11-16,18H2,1-3H3/t21-/m1/s1. The summed E-state index contributed by atoms with van der Waals surface area (Å²) in [4.78, 5) is 28.2. The highest BCUT2D eigenvalue weighted by Gasteiger charge is 2.40. The van der Waals surface area contributed by atoms with Crippen LogP contribution in [-0.4, -0.2) is 62.3 Å². The summed E-state index contributed by atoms with van der Waals surface area (Å²) in [5.74, 6) is -0.376. The summed E-state index contributed by atoms with van der Waals surface area (Å²) in [5, 5.41) is 0. The van der Waals surface area contributed by atoms with Gasteiger partial charge in [0.15, 0.2) is 0 Å². The van der Waals surface area contributed by atoms with Crippen molar-refractivity contribution < 1.29 is 31.2 Å². The number of alkyl halides is 3. The number of benzene rings is 2. The lowest BCUT2D eigenvalue weighted by molar-refractivity contribution is -0.140. The number of nitrogens with one attached hydrogen (secondary N) is 1. The number of piperidine rings is 1. The van der Waals surface area contributed by atoms with Gasteiger partial charge in [-0.05, 0) is 42.5 Å². The maximum atomic E-state index is 13.9. The molecule has 2 aliphatic heterocycles. The van der Waals surface area contributed by atoms with Crippen molar-refractivity contribution in [2.45, 2.75) is 57.1 Å². The molecule has 4 rings (SSSR count). The molecule has 0 unspecified atom stereocenters. The smallest absolute Gasteiger partial charge is 0.342 e. The zero-order chi connectivity index (χ0) is 28.6. The fraction of sp³-hybridized carbons (Fsp3) is 0.500. The summed E-state index contributed by atoms with van der Waals surface area (Å²) < 4.78 is 70.4. The van der Waals surface area contributed by atoms with E-state index in [0.29, 0.717) is 25.1 Å². The van der Waals surface area contributed by atoms with Gasteiger partial charge in [0.25, 0.3) is 0 Å². The molecule has 0 aromatic heterocycles. The number of amides is 2. The number of hydrogen-bond acceptors (Lipinski definition) is 4. The molecule has 0 bridgehead atoms. The second-order valence-electron chi connectivity index (χ2n) is 11.3. The van der Waals surface area contributed by atoms with Gasteiger partial charge < -0.3 is 9.80 Å². The summed E-state index contributed by atoms with van der Waals surface area (Å²) >= 11 is 0. The number of sulfonamides is 1. The van der Waals surface area contributed by atoms with Gasteiger partial charge in [0, 0.05) is 37.6 Å². The Morgan fingerprint density at radius 1 is 0.872 bits per heavy atom. The molecule has 212 valence electrons. The van der Waals surface area contributed by atoms with Crippen LogP contribution in [0.25, 0.3) is 11.1 Å². The second kappa shape index (κ2) is 10.9. The van der Waals surface area contributed by atoms with Gasteiger partial charge in [-0.2, -0.15) is 13.2 Å². The minimum absolute atomic E-state index is 0.000872. The molecule has 0 saturated carbocycles. The Labute approximate surface area is 227 Å². The first-order valence-electron chi connectivity index (χ1n) is 13.0. The van der Waals surface area contributed by atoms with Gasteiger partial charge in [-0.25, -0.2) is 13.1 Å². The third kappa shape index (κ3) is 6.63. The molecular weight excluding hydrogens is 531 g/mol.